The van der Waals surface area contributed by atoms with Crippen LogP contribution < -0.4 is 0 Å². The third-order valence-corrected chi connectivity index (χ3v) is 5.70. The molecule has 0 aromatic rings. The Morgan fingerprint density at radius 2 is 2.36 bits per heavy atom. The van der Waals surface area contributed by atoms with E-state index in [2.05, 4.69) is 28.7 Å². The van der Waals surface area contributed by atoms with Crippen LogP contribution in [-0.2, 0) is 0 Å². The van der Waals surface area contributed by atoms with Gasteiger partial charge in [0.05, 0.1) is 6.07 Å². The van der Waals surface area contributed by atoms with E-state index < -0.39 is 0 Å². The number of alkyl halides is 1. The lowest BCUT2D eigenvalue weighted by atomic mass is 10.2. The van der Waals surface area contributed by atoms with Gasteiger partial charge in [0.15, 0.2) is 0 Å². The number of thioether (sulfide) groups is 2. The van der Waals surface area contributed by atoms with E-state index in [1.54, 1.807) is 0 Å². The van der Waals surface area contributed by atoms with Crippen LogP contribution in [-0.4, -0.2) is 19.0 Å². The Hall–Kier alpha value is 1.01. The highest BCUT2D eigenvalue weighted by atomic mass is 127. The van der Waals surface area contributed by atoms with Crippen LogP contribution in [0, 0.1) is 11.3 Å². The molecule has 0 saturated carbocycles. The van der Waals surface area contributed by atoms with E-state index in [1.165, 1.54) is 23.5 Å². The SMILES string of the molecule is CSC(=S)SC(C)(C#N)CI. The van der Waals surface area contributed by atoms with Gasteiger partial charge in [-0.15, -0.1) is 11.8 Å². The fourth-order valence-corrected chi connectivity index (χ4v) is 2.85. The minimum Gasteiger partial charge on any atom is -0.197 e. The van der Waals surface area contributed by atoms with E-state index in [9.17, 15) is 0 Å². The molecule has 0 aliphatic heterocycles. The van der Waals surface area contributed by atoms with Crippen molar-refractivity contribution in [3.8, 4) is 6.07 Å². The Morgan fingerprint density at radius 1 is 1.82 bits per heavy atom. The average Bonchev–Trinajstić information content (AvgIpc) is 2.04. The van der Waals surface area contributed by atoms with Gasteiger partial charge in [0.1, 0.15) is 8.28 Å². The summed E-state index contributed by atoms with van der Waals surface area (Å²) in [6.45, 7) is 1.91. The summed E-state index contributed by atoms with van der Waals surface area (Å²) in [4.78, 5) is 0. The number of nitriles is 1. The van der Waals surface area contributed by atoms with Crippen molar-refractivity contribution in [3.05, 3.63) is 0 Å². The molecule has 1 nitrogen and oxygen atoms in total. The quantitative estimate of drug-likeness (QED) is 0.444. The van der Waals surface area contributed by atoms with Crippen LogP contribution in [0.4, 0.5) is 0 Å². The molecule has 0 aliphatic rings. The third kappa shape index (κ3) is 4.55. The van der Waals surface area contributed by atoms with E-state index in [0.29, 0.717) is 0 Å². The maximum atomic E-state index is 8.79. The number of thiocarbonyl (C=S) groups is 1. The molecular weight excluding hydrogens is 309 g/mol. The van der Waals surface area contributed by atoms with Crippen molar-refractivity contribution < 1.29 is 0 Å². The lowest BCUT2D eigenvalue weighted by Gasteiger charge is -2.16. The van der Waals surface area contributed by atoms with E-state index in [4.69, 9.17) is 17.5 Å². The minimum atomic E-state index is -0.347. The molecule has 0 bridgehead atoms. The molecule has 62 valence electrons. The summed E-state index contributed by atoms with van der Waals surface area (Å²) in [5.41, 5.74) is 0. The largest absolute Gasteiger partial charge is 0.197 e. The Labute approximate surface area is 94.8 Å². The van der Waals surface area contributed by atoms with Crippen molar-refractivity contribution in [1.82, 2.24) is 0 Å². The van der Waals surface area contributed by atoms with Gasteiger partial charge in [0, 0.05) is 4.43 Å². The van der Waals surface area contributed by atoms with Crippen molar-refractivity contribution in [3.63, 3.8) is 0 Å². The molecule has 0 fully saturated rings. The van der Waals surface area contributed by atoms with Gasteiger partial charge in [0.2, 0.25) is 0 Å². The van der Waals surface area contributed by atoms with Crippen molar-refractivity contribution in [2.45, 2.75) is 11.7 Å². The van der Waals surface area contributed by atoms with Crippen LogP contribution in [0.3, 0.4) is 0 Å². The number of hydrogen-bond acceptors (Lipinski definition) is 4. The topological polar surface area (TPSA) is 23.8 Å². The van der Waals surface area contributed by atoms with Gasteiger partial charge in [-0.05, 0) is 13.2 Å². The Bertz CT molecular complexity index is 189. The maximum absolute atomic E-state index is 8.79. The first-order valence-corrected chi connectivity index (χ1v) is 6.79. The molecule has 0 spiro atoms. The lowest BCUT2D eigenvalue weighted by Crippen LogP contribution is -2.20. The zero-order chi connectivity index (χ0) is 8.91. The molecule has 0 aromatic carbocycles. The highest BCUT2D eigenvalue weighted by Crippen LogP contribution is 2.31. The molecule has 0 N–H and O–H groups in total. The highest BCUT2D eigenvalue weighted by molar-refractivity contribution is 14.1. The second-order valence-electron chi connectivity index (χ2n) is 2.03. The summed E-state index contributed by atoms with van der Waals surface area (Å²) >= 11 is 10.2. The van der Waals surface area contributed by atoms with Gasteiger partial charge < -0.3 is 0 Å². The van der Waals surface area contributed by atoms with E-state index in [-0.39, 0.29) is 4.75 Å². The molecule has 0 amide bonds. The second kappa shape index (κ2) is 5.62. The third-order valence-electron chi connectivity index (χ3n) is 0.967. The smallest absolute Gasteiger partial charge is 0.114 e. The maximum Gasteiger partial charge on any atom is 0.114 e. The van der Waals surface area contributed by atoms with Crippen LogP contribution in [0.25, 0.3) is 0 Å². The first-order chi connectivity index (χ1) is 5.08. The molecule has 0 aliphatic carbocycles. The van der Waals surface area contributed by atoms with Crippen molar-refractivity contribution in [2.24, 2.45) is 0 Å². The molecule has 1 atom stereocenters. The monoisotopic (exact) mass is 317 g/mol. The predicted molar refractivity (Wildman–Crippen MR) is 66.6 cm³/mol. The molecular formula is C6H8INS3. The summed E-state index contributed by atoms with van der Waals surface area (Å²) in [6, 6.07) is 2.25. The first-order valence-electron chi connectivity index (χ1n) is 2.82. The fourth-order valence-electron chi connectivity index (χ4n) is 0.306. The van der Waals surface area contributed by atoms with Gasteiger partial charge in [0.25, 0.3) is 0 Å². The fraction of sp³-hybridized carbons (Fsp3) is 0.667. The molecule has 0 saturated heterocycles. The Balaban J connectivity index is 4.11. The lowest BCUT2D eigenvalue weighted by molar-refractivity contribution is 0.952. The highest BCUT2D eigenvalue weighted by Gasteiger charge is 2.24. The van der Waals surface area contributed by atoms with Crippen LogP contribution in [0.5, 0.6) is 0 Å². The van der Waals surface area contributed by atoms with Crippen molar-refractivity contribution in [2.75, 3.05) is 10.7 Å². The van der Waals surface area contributed by atoms with E-state index in [0.717, 1.165) is 7.96 Å². The standard InChI is InChI=1S/C6H8INS3/c1-6(3-7,4-8)11-5(9)10-2/h3H2,1-2H3. The Morgan fingerprint density at radius 3 is 2.64 bits per heavy atom. The van der Waals surface area contributed by atoms with E-state index in [1.807, 2.05) is 13.2 Å². The molecule has 0 aromatic heterocycles. The summed E-state index contributed by atoms with van der Waals surface area (Å²) in [7, 11) is 0. The molecule has 1 unspecified atom stereocenters. The molecule has 5 heteroatoms. The van der Waals surface area contributed by atoms with Crippen molar-refractivity contribution >= 4 is 61.9 Å². The normalized spacial score (nSPS) is 15.1. The van der Waals surface area contributed by atoms with Gasteiger partial charge in [-0.25, -0.2) is 0 Å². The van der Waals surface area contributed by atoms with Crippen LogP contribution in [0.1, 0.15) is 6.92 Å². The zero-order valence-electron chi connectivity index (χ0n) is 6.26. The molecule has 11 heavy (non-hydrogen) atoms. The zero-order valence-corrected chi connectivity index (χ0v) is 10.9. The minimum absolute atomic E-state index is 0.347. The Kier molecular flexibility index (Phi) is 6.14. The summed E-state index contributed by atoms with van der Waals surface area (Å²) in [5.74, 6) is 0. The van der Waals surface area contributed by atoms with Gasteiger partial charge in [-0.2, -0.15) is 5.26 Å². The molecule has 0 rings (SSSR count). The number of halogens is 1. The average molecular weight is 317 g/mol. The molecule has 0 radical (unpaired) electrons. The number of hydrogen-bond donors (Lipinski definition) is 0. The van der Waals surface area contributed by atoms with Gasteiger partial charge in [-0.3, -0.25) is 0 Å². The number of nitrogens with zero attached hydrogens (tertiary/aromatic N) is 1. The van der Waals surface area contributed by atoms with Gasteiger partial charge in [-0.1, -0.05) is 46.6 Å². The first kappa shape index (κ1) is 12.0. The summed E-state index contributed by atoms with van der Waals surface area (Å²) < 4.78 is 1.29. The summed E-state index contributed by atoms with van der Waals surface area (Å²) in [6.07, 6.45) is 1.93. The van der Waals surface area contributed by atoms with Crippen molar-refractivity contribution in [1.29, 1.82) is 5.26 Å². The second-order valence-corrected chi connectivity index (χ2v) is 6.31. The van der Waals surface area contributed by atoms with Crippen LogP contribution in [0.2, 0.25) is 0 Å². The summed E-state index contributed by atoms with van der Waals surface area (Å²) in [5, 5.41) is 8.79. The van der Waals surface area contributed by atoms with Gasteiger partial charge >= 0.3 is 0 Å². The van der Waals surface area contributed by atoms with Crippen LogP contribution >= 0.6 is 58.3 Å². The molecule has 0 heterocycles. The van der Waals surface area contributed by atoms with Crippen LogP contribution in [0.15, 0.2) is 0 Å². The predicted octanol–water partition coefficient (Wildman–Crippen LogP) is 3.08. The number of rotatable bonds is 2. The van der Waals surface area contributed by atoms with E-state index >= 15 is 0 Å².